The lowest BCUT2D eigenvalue weighted by Crippen LogP contribution is -2.09. The maximum Gasteiger partial charge on any atom is 0.210 e. The quantitative estimate of drug-likeness (QED) is 0.888. The summed E-state index contributed by atoms with van der Waals surface area (Å²) in [5, 5.41) is 20.2. The minimum atomic E-state index is -3.93. The first-order chi connectivity index (χ1) is 10.1. The van der Waals surface area contributed by atoms with Gasteiger partial charge in [-0.3, -0.25) is 0 Å². The van der Waals surface area contributed by atoms with Crippen molar-refractivity contribution in [2.45, 2.75) is 44.4 Å². The third kappa shape index (κ3) is 2.35. The van der Waals surface area contributed by atoms with Crippen molar-refractivity contribution in [2.24, 2.45) is 0 Å². The topological polar surface area (TPSA) is 74.6 Å². The number of aryl methyl sites for hydroxylation is 2. The first-order valence-corrected chi connectivity index (χ1v) is 8.41. The van der Waals surface area contributed by atoms with Crippen molar-refractivity contribution in [3.05, 3.63) is 46.0 Å². The normalized spacial score (nSPS) is 11.7. The lowest BCUT2D eigenvalue weighted by atomic mass is 10.1. The van der Waals surface area contributed by atoms with Gasteiger partial charge in [0.25, 0.3) is 0 Å². The van der Waals surface area contributed by atoms with Crippen LogP contribution in [0.5, 0.6) is 11.5 Å². The molecule has 0 aromatic heterocycles. The Balaban J connectivity index is 2.86. The molecule has 0 aliphatic rings. The third-order valence-electron chi connectivity index (χ3n) is 4.23. The number of phenolic OH excluding ortho intramolecular Hbond substituents is 2. The zero-order chi connectivity index (χ0) is 16.8. The molecule has 0 atom stereocenters. The van der Waals surface area contributed by atoms with Crippen LogP contribution in [0.4, 0.5) is 0 Å². The van der Waals surface area contributed by atoms with Crippen molar-refractivity contribution in [2.75, 3.05) is 0 Å². The van der Waals surface area contributed by atoms with Gasteiger partial charge < -0.3 is 10.2 Å². The van der Waals surface area contributed by atoms with E-state index in [9.17, 15) is 18.6 Å². The summed E-state index contributed by atoms with van der Waals surface area (Å²) in [7, 11) is -3.93. The zero-order valence-electron chi connectivity index (χ0n) is 13.4. The Morgan fingerprint density at radius 1 is 0.818 bits per heavy atom. The molecular formula is C17H20O4S. The van der Waals surface area contributed by atoms with Crippen LogP contribution in [0, 0.1) is 34.6 Å². The van der Waals surface area contributed by atoms with Gasteiger partial charge in [0.15, 0.2) is 0 Å². The Morgan fingerprint density at radius 3 is 2.00 bits per heavy atom. The van der Waals surface area contributed by atoms with E-state index in [1.807, 2.05) is 0 Å². The molecule has 2 rings (SSSR count). The van der Waals surface area contributed by atoms with Crippen molar-refractivity contribution in [1.82, 2.24) is 0 Å². The minimum Gasteiger partial charge on any atom is -0.508 e. The highest BCUT2D eigenvalue weighted by Crippen LogP contribution is 2.38. The summed E-state index contributed by atoms with van der Waals surface area (Å²) < 4.78 is 26.0. The fourth-order valence-corrected chi connectivity index (χ4v) is 4.45. The average molecular weight is 320 g/mol. The largest absolute Gasteiger partial charge is 0.508 e. The van der Waals surface area contributed by atoms with Gasteiger partial charge in [0, 0.05) is 5.56 Å². The van der Waals surface area contributed by atoms with Crippen LogP contribution in [0.15, 0.2) is 28.0 Å². The SMILES string of the molecule is Cc1ccc(S(=O)(=O)c2c(C)c(C)cc(O)c2C)c(O)c1C. The van der Waals surface area contributed by atoms with Gasteiger partial charge in [0.2, 0.25) is 9.84 Å². The van der Waals surface area contributed by atoms with Gasteiger partial charge in [-0.1, -0.05) is 6.07 Å². The number of hydrogen-bond acceptors (Lipinski definition) is 4. The molecule has 0 saturated heterocycles. The Hall–Kier alpha value is -2.01. The van der Waals surface area contributed by atoms with E-state index in [1.54, 1.807) is 46.8 Å². The molecule has 0 amide bonds. The van der Waals surface area contributed by atoms with Gasteiger partial charge in [-0.2, -0.15) is 0 Å². The molecule has 0 aliphatic carbocycles. The predicted molar refractivity (Wildman–Crippen MR) is 85.4 cm³/mol. The highest BCUT2D eigenvalue weighted by atomic mass is 32.2. The van der Waals surface area contributed by atoms with Crippen LogP contribution < -0.4 is 0 Å². The molecule has 2 N–H and O–H groups in total. The summed E-state index contributed by atoms with van der Waals surface area (Å²) in [6, 6.07) is 4.62. The molecule has 0 spiro atoms. The van der Waals surface area contributed by atoms with E-state index < -0.39 is 9.84 Å². The molecule has 0 saturated carbocycles. The lowest BCUT2D eigenvalue weighted by Gasteiger charge is -2.16. The molecule has 22 heavy (non-hydrogen) atoms. The van der Waals surface area contributed by atoms with E-state index >= 15 is 0 Å². The first kappa shape index (κ1) is 16.4. The summed E-state index contributed by atoms with van der Waals surface area (Å²) in [6.45, 7) is 8.49. The summed E-state index contributed by atoms with van der Waals surface area (Å²) in [5.74, 6) is -0.301. The summed E-state index contributed by atoms with van der Waals surface area (Å²) in [4.78, 5) is -0.0737. The highest BCUT2D eigenvalue weighted by molar-refractivity contribution is 7.91. The van der Waals surface area contributed by atoms with Crippen LogP contribution in [0.25, 0.3) is 0 Å². The van der Waals surface area contributed by atoms with Crippen molar-refractivity contribution < 1.29 is 18.6 Å². The van der Waals surface area contributed by atoms with Gasteiger partial charge >= 0.3 is 0 Å². The van der Waals surface area contributed by atoms with Crippen molar-refractivity contribution in [3.8, 4) is 11.5 Å². The first-order valence-electron chi connectivity index (χ1n) is 6.93. The van der Waals surface area contributed by atoms with Crippen molar-refractivity contribution in [1.29, 1.82) is 0 Å². The standard InChI is InChI=1S/C17H20O4S/c1-9-6-7-15(16(19)11(9)3)22(20,21)17-12(4)10(2)8-14(18)13(17)5/h6-8,18-19H,1-5H3. The minimum absolute atomic E-state index is 0.0588. The van der Waals surface area contributed by atoms with Crippen LogP contribution in [0.3, 0.4) is 0 Å². The molecule has 0 radical (unpaired) electrons. The number of phenols is 2. The van der Waals surface area contributed by atoms with E-state index in [1.165, 1.54) is 6.07 Å². The van der Waals surface area contributed by atoms with Gasteiger partial charge in [-0.15, -0.1) is 0 Å². The van der Waals surface area contributed by atoms with E-state index in [2.05, 4.69) is 0 Å². The molecule has 0 aliphatic heterocycles. The summed E-state index contributed by atoms with van der Waals surface area (Å²) >= 11 is 0. The van der Waals surface area contributed by atoms with Crippen LogP contribution in [0.2, 0.25) is 0 Å². The maximum absolute atomic E-state index is 13.0. The molecule has 0 heterocycles. The summed E-state index contributed by atoms with van der Waals surface area (Å²) in [6.07, 6.45) is 0. The second kappa shape index (κ2) is 5.32. The van der Waals surface area contributed by atoms with E-state index in [4.69, 9.17) is 0 Å². The van der Waals surface area contributed by atoms with Gasteiger partial charge in [0.05, 0.1) is 4.90 Å². The van der Waals surface area contributed by atoms with E-state index in [0.717, 1.165) is 5.56 Å². The van der Waals surface area contributed by atoms with E-state index in [0.29, 0.717) is 22.3 Å². The Labute approximate surface area is 131 Å². The van der Waals surface area contributed by atoms with Gasteiger partial charge in [-0.25, -0.2) is 8.42 Å². The number of rotatable bonds is 2. The highest BCUT2D eigenvalue weighted by Gasteiger charge is 2.28. The number of benzene rings is 2. The molecule has 5 heteroatoms. The monoisotopic (exact) mass is 320 g/mol. The molecule has 2 aromatic carbocycles. The van der Waals surface area contributed by atoms with Gasteiger partial charge in [-0.05, 0) is 69.0 Å². The summed E-state index contributed by atoms with van der Waals surface area (Å²) in [5.41, 5.74) is 2.91. The Kier molecular flexibility index (Phi) is 3.96. The van der Waals surface area contributed by atoms with Crippen molar-refractivity contribution in [3.63, 3.8) is 0 Å². The molecule has 2 aromatic rings. The predicted octanol–water partition coefficient (Wildman–Crippen LogP) is 3.47. The number of aromatic hydroxyl groups is 2. The second-order valence-corrected chi connectivity index (χ2v) is 7.50. The molecule has 0 unspecified atom stereocenters. The fraction of sp³-hybridized carbons (Fsp3) is 0.294. The van der Waals surface area contributed by atoms with E-state index in [-0.39, 0.29) is 21.3 Å². The fourth-order valence-electron chi connectivity index (χ4n) is 2.50. The molecular weight excluding hydrogens is 300 g/mol. The average Bonchev–Trinajstić information content (AvgIpc) is 2.42. The van der Waals surface area contributed by atoms with Crippen molar-refractivity contribution >= 4 is 9.84 Å². The molecule has 118 valence electrons. The second-order valence-electron chi connectivity index (χ2n) is 5.65. The zero-order valence-corrected chi connectivity index (χ0v) is 14.2. The van der Waals surface area contributed by atoms with Crippen LogP contribution >= 0.6 is 0 Å². The molecule has 4 nitrogen and oxygen atoms in total. The maximum atomic E-state index is 13.0. The van der Waals surface area contributed by atoms with Gasteiger partial charge in [0.1, 0.15) is 16.4 Å². The van der Waals surface area contributed by atoms with Crippen LogP contribution in [0.1, 0.15) is 27.8 Å². The smallest absolute Gasteiger partial charge is 0.210 e. The Bertz CT molecular complexity index is 839. The molecule has 0 bridgehead atoms. The Morgan fingerprint density at radius 2 is 1.41 bits per heavy atom. The van der Waals surface area contributed by atoms with Crippen LogP contribution in [-0.4, -0.2) is 18.6 Å². The lowest BCUT2D eigenvalue weighted by molar-refractivity contribution is 0.453. The molecule has 0 fully saturated rings. The number of sulfone groups is 1. The number of hydrogen-bond donors (Lipinski definition) is 2. The van der Waals surface area contributed by atoms with Crippen LogP contribution in [-0.2, 0) is 9.84 Å². The third-order valence-corrected chi connectivity index (χ3v) is 6.29.